The fourth-order valence-electron chi connectivity index (χ4n) is 1.12. The van der Waals surface area contributed by atoms with Crippen molar-refractivity contribution < 1.29 is 13.5 Å². The second kappa shape index (κ2) is 5.09. The third kappa shape index (κ3) is 3.10. The van der Waals surface area contributed by atoms with Crippen molar-refractivity contribution >= 4 is 10.7 Å². The number of nitrogens with two attached hydrogens (primary N) is 1. The standard InChI is InChI=1S/C9H13NO3S/c10-9(5-11)8-3-1-7(2-4-8)6-14(12)13/h1-4,9,11,14H,5-6,10H2/t9-/m0/s1. The van der Waals surface area contributed by atoms with E-state index in [1.807, 2.05) is 0 Å². The number of aliphatic hydroxyl groups is 1. The highest BCUT2D eigenvalue weighted by molar-refractivity contribution is 7.71. The van der Waals surface area contributed by atoms with E-state index in [2.05, 4.69) is 0 Å². The van der Waals surface area contributed by atoms with Gasteiger partial charge < -0.3 is 10.8 Å². The number of thiol groups is 1. The van der Waals surface area contributed by atoms with Gasteiger partial charge >= 0.3 is 0 Å². The zero-order valence-electron chi connectivity index (χ0n) is 7.59. The van der Waals surface area contributed by atoms with Crippen LogP contribution in [0.1, 0.15) is 17.2 Å². The van der Waals surface area contributed by atoms with Crippen LogP contribution in [-0.2, 0) is 16.5 Å². The first-order valence-corrected chi connectivity index (χ1v) is 5.57. The van der Waals surface area contributed by atoms with Crippen LogP contribution in [0.3, 0.4) is 0 Å². The molecule has 1 aromatic rings. The minimum Gasteiger partial charge on any atom is -0.394 e. The molecule has 0 amide bonds. The predicted octanol–water partition coefficient (Wildman–Crippen LogP) is -0.210. The van der Waals surface area contributed by atoms with Crippen molar-refractivity contribution in [2.75, 3.05) is 6.61 Å². The van der Waals surface area contributed by atoms with Gasteiger partial charge in [-0.15, -0.1) is 0 Å². The maximum atomic E-state index is 10.4. The Bertz CT molecular complexity index is 351. The molecule has 1 atom stereocenters. The molecule has 0 saturated carbocycles. The molecule has 1 aromatic carbocycles. The molecule has 78 valence electrons. The first-order valence-electron chi connectivity index (χ1n) is 4.20. The summed E-state index contributed by atoms with van der Waals surface area (Å²) >= 11 is 0. The second-order valence-corrected chi connectivity index (χ2v) is 4.00. The highest BCUT2D eigenvalue weighted by Gasteiger charge is 2.03. The molecule has 0 unspecified atom stereocenters. The molecule has 0 aliphatic carbocycles. The Morgan fingerprint density at radius 1 is 1.29 bits per heavy atom. The summed E-state index contributed by atoms with van der Waals surface area (Å²) in [6.45, 7) is -0.116. The van der Waals surface area contributed by atoms with Crippen molar-refractivity contribution in [3.8, 4) is 0 Å². The van der Waals surface area contributed by atoms with Gasteiger partial charge in [0, 0.05) is 0 Å². The topological polar surface area (TPSA) is 80.4 Å². The Labute approximate surface area is 84.3 Å². The number of hydrogen-bond donors (Lipinski definition) is 3. The van der Waals surface area contributed by atoms with Gasteiger partial charge in [0.05, 0.1) is 18.4 Å². The third-order valence-corrected chi connectivity index (χ3v) is 2.54. The average Bonchev–Trinajstić information content (AvgIpc) is 2.17. The summed E-state index contributed by atoms with van der Waals surface area (Å²) in [6.07, 6.45) is 0. The van der Waals surface area contributed by atoms with Crippen molar-refractivity contribution in [3.05, 3.63) is 35.4 Å². The summed E-state index contributed by atoms with van der Waals surface area (Å²) in [5.41, 5.74) is 7.11. The first kappa shape index (κ1) is 11.2. The van der Waals surface area contributed by atoms with E-state index in [1.54, 1.807) is 24.3 Å². The molecule has 5 heteroatoms. The highest BCUT2D eigenvalue weighted by atomic mass is 32.2. The van der Waals surface area contributed by atoms with Crippen LogP contribution in [0, 0.1) is 0 Å². The normalized spacial score (nSPS) is 13.1. The molecule has 0 radical (unpaired) electrons. The second-order valence-electron chi connectivity index (χ2n) is 3.02. The highest BCUT2D eigenvalue weighted by Crippen LogP contribution is 2.11. The molecular formula is C9H13NO3S. The van der Waals surface area contributed by atoms with E-state index < -0.39 is 16.7 Å². The van der Waals surface area contributed by atoms with Crippen molar-refractivity contribution in [3.63, 3.8) is 0 Å². The quantitative estimate of drug-likeness (QED) is 0.607. The number of hydrogen-bond acceptors (Lipinski definition) is 4. The number of benzene rings is 1. The molecule has 1 rings (SSSR count). The van der Waals surface area contributed by atoms with Crippen LogP contribution in [0.15, 0.2) is 24.3 Å². The van der Waals surface area contributed by atoms with E-state index in [4.69, 9.17) is 10.8 Å². The number of aliphatic hydroxyl groups excluding tert-OH is 1. The molecule has 0 bridgehead atoms. The van der Waals surface area contributed by atoms with Gasteiger partial charge in [-0.1, -0.05) is 24.3 Å². The Morgan fingerprint density at radius 3 is 2.29 bits per heavy atom. The lowest BCUT2D eigenvalue weighted by Gasteiger charge is -2.08. The van der Waals surface area contributed by atoms with Crippen LogP contribution in [-0.4, -0.2) is 20.1 Å². The Morgan fingerprint density at radius 2 is 1.86 bits per heavy atom. The lowest BCUT2D eigenvalue weighted by atomic mass is 10.1. The molecule has 0 aliphatic heterocycles. The van der Waals surface area contributed by atoms with Crippen LogP contribution in [0.2, 0.25) is 0 Å². The molecule has 4 nitrogen and oxygen atoms in total. The Balaban J connectivity index is 2.78. The lowest BCUT2D eigenvalue weighted by molar-refractivity contribution is 0.268. The van der Waals surface area contributed by atoms with Gasteiger partial charge in [0.25, 0.3) is 0 Å². The third-order valence-electron chi connectivity index (χ3n) is 1.92. The molecule has 0 aromatic heterocycles. The van der Waals surface area contributed by atoms with E-state index >= 15 is 0 Å². The molecule has 3 N–H and O–H groups in total. The van der Waals surface area contributed by atoms with Crippen molar-refractivity contribution in [1.29, 1.82) is 0 Å². The van der Waals surface area contributed by atoms with E-state index in [1.165, 1.54) is 0 Å². The molecular weight excluding hydrogens is 202 g/mol. The van der Waals surface area contributed by atoms with E-state index in [9.17, 15) is 8.42 Å². The van der Waals surface area contributed by atoms with Gasteiger partial charge in [-0.3, -0.25) is 0 Å². The maximum absolute atomic E-state index is 10.4. The molecule has 0 aliphatic rings. The lowest BCUT2D eigenvalue weighted by Crippen LogP contribution is -2.14. The van der Waals surface area contributed by atoms with E-state index in [0.717, 1.165) is 11.1 Å². The zero-order chi connectivity index (χ0) is 10.6. The largest absolute Gasteiger partial charge is 0.394 e. The minimum absolute atomic E-state index is 0.0456. The Kier molecular flexibility index (Phi) is 4.06. The summed E-state index contributed by atoms with van der Waals surface area (Å²) in [5, 5.41) is 8.78. The van der Waals surface area contributed by atoms with Crippen LogP contribution in [0.4, 0.5) is 0 Å². The molecule has 14 heavy (non-hydrogen) atoms. The smallest absolute Gasteiger partial charge is 0.144 e. The van der Waals surface area contributed by atoms with Crippen LogP contribution < -0.4 is 5.73 Å². The number of rotatable bonds is 4. The van der Waals surface area contributed by atoms with Crippen LogP contribution in [0.5, 0.6) is 0 Å². The summed E-state index contributed by atoms with van der Waals surface area (Å²) in [7, 11) is -2.39. The molecule has 0 fully saturated rings. The van der Waals surface area contributed by atoms with Gasteiger partial charge in [0.1, 0.15) is 10.7 Å². The van der Waals surface area contributed by atoms with Crippen molar-refractivity contribution in [2.24, 2.45) is 5.73 Å². The average molecular weight is 215 g/mol. The maximum Gasteiger partial charge on any atom is 0.144 e. The predicted molar refractivity (Wildman–Crippen MR) is 54.5 cm³/mol. The van der Waals surface area contributed by atoms with Crippen LogP contribution in [0.25, 0.3) is 0 Å². The fraction of sp³-hybridized carbons (Fsp3) is 0.333. The summed E-state index contributed by atoms with van der Waals surface area (Å²) in [5.74, 6) is 0.0456. The van der Waals surface area contributed by atoms with Gasteiger partial charge in [-0.2, -0.15) is 0 Å². The SMILES string of the molecule is N[C@@H](CO)c1ccc(C[SH](=O)=O)cc1. The van der Waals surface area contributed by atoms with Crippen LogP contribution >= 0.6 is 0 Å². The minimum atomic E-state index is -2.39. The van der Waals surface area contributed by atoms with Gasteiger partial charge in [0.15, 0.2) is 0 Å². The van der Waals surface area contributed by atoms with Gasteiger partial charge in [0.2, 0.25) is 0 Å². The van der Waals surface area contributed by atoms with Gasteiger partial charge in [-0.05, 0) is 11.1 Å². The fourth-order valence-corrected chi connectivity index (χ4v) is 1.63. The molecule has 0 saturated heterocycles. The zero-order valence-corrected chi connectivity index (χ0v) is 8.48. The monoisotopic (exact) mass is 215 g/mol. The first-order chi connectivity index (χ1) is 6.63. The summed E-state index contributed by atoms with van der Waals surface area (Å²) in [6, 6.07) is 6.47. The molecule has 0 heterocycles. The molecule has 0 spiro atoms. The van der Waals surface area contributed by atoms with E-state index in [-0.39, 0.29) is 12.4 Å². The van der Waals surface area contributed by atoms with Gasteiger partial charge in [-0.25, -0.2) is 8.42 Å². The summed E-state index contributed by atoms with van der Waals surface area (Å²) in [4.78, 5) is 0. The van der Waals surface area contributed by atoms with Crippen molar-refractivity contribution in [2.45, 2.75) is 11.8 Å². The van der Waals surface area contributed by atoms with E-state index in [0.29, 0.717) is 0 Å². The summed E-state index contributed by atoms with van der Waals surface area (Å²) < 4.78 is 20.8. The Hall–Kier alpha value is -0.910. The van der Waals surface area contributed by atoms with Crippen molar-refractivity contribution in [1.82, 2.24) is 0 Å².